The summed E-state index contributed by atoms with van der Waals surface area (Å²) in [6.07, 6.45) is 5.54. The second-order valence-electron chi connectivity index (χ2n) is 8.06. The normalized spacial score (nSPS) is 15.2. The highest BCUT2D eigenvalue weighted by Crippen LogP contribution is 2.39. The Bertz CT molecular complexity index is 1290. The number of fused-ring (bicyclic) bond motifs is 1. The van der Waals surface area contributed by atoms with E-state index in [2.05, 4.69) is 17.6 Å². The fraction of sp³-hybridized carbons (Fsp3) is 0.208. The molecule has 0 saturated carbocycles. The molecule has 176 valence electrons. The number of nitrogens with two attached hydrogens (primary N) is 1. The first-order valence-electron chi connectivity index (χ1n) is 10.5. The van der Waals surface area contributed by atoms with E-state index in [1.54, 1.807) is 30.3 Å². The number of hydrogen-bond acceptors (Lipinski definition) is 5. The number of anilines is 1. The number of carbonyl (C=O) groups is 2. The van der Waals surface area contributed by atoms with Gasteiger partial charge in [-0.3, -0.25) is 14.9 Å². The molecular formula is C24H21Cl2N3O3S2. The van der Waals surface area contributed by atoms with Crippen LogP contribution in [0, 0.1) is 5.92 Å². The Labute approximate surface area is 216 Å². The van der Waals surface area contributed by atoms with Crippen molar-refractivity contribution in [1.29, 1.82) is 0 Å². The summed E-state index contributed by atoms with van der Waals surface area (Å²) in [5.74, 6) is 0.636. The molecule has 2 amide bonds. The smallest absolute Gasteiger partial charge is 0.251 e. The summed E-state index contributed by atoms with van der Waals surface area (Å²) >= 11 is 18.8. The molecule has 10 heteroatoms. The van der Waals surface area contributed by atoms with Crippen LogP contribution in [0.5, 0.6) is 0 Å². The largest absolute Gasteiger partial charge is 0.457 e. The van der Waals surface area contributed by atoms with E-state index in [0.717, 1.165) is 35.3 Å². The molecule has 0 unspecified atom stereocenters. The van der Waals surface area contributed by atoms with E-state index in [0.29, 0.717) is 38.0 Å². The molecule has 3 aromatic rings. The Balaban J connectivity index is 1.40. The van der Waals surface area contributed by atoms with Gasteiger partial charge in [-0.15, -0.1) is 11.3 Å². The van der Waals surface area contributed by atoms with E-state index < -0.39 is 11.8 Å². The lowest BCUT2D eigenvalue weighted by Gasteiger charge is -2.18. The molecule has 4 rings (SSSR count). The van der Waals surface area contributed by atoms with Crippen LogP contribution < -0.4 is 16.4 Å². The van der Waals surface area contributed by atoms with Crippen LogP contribution in [0.15, 0.2) is 40.8 Å². The predicted octanol–water partition coefficient (Wildman–Crippen LogP) is 6.07. The number of benzene rings is 1. The van der Waals surface area contributed by atoms with Crippen LogP contribution in [0.3, 0.4) is 0 Å². The Morgan fingerprint density at radius 2 is 1.97 bits per heavy atom. The van der Waals surface area contributed by atoms with Gasteiger partial charge in [-0.1, -0.05) is 30.1 Å². The van der Waals surface area contributed by atoms with E-state index in [1.165, 1.54) is 23.5 Å². The number of rotatable bonds is 5. The van der Waals surface area contributed by atoms with Crippen molar-refractivity contribution in [2.24, 2.45) is 11.7 Å². The number of thiophene rings is 1. The molecule has 4 N–H and O–H groups in total. The van der Waals surface area contributed by atoms with Gasteiger partial charge < -0.3 is 15.5 Å². The first-order valence-corrected chi connectivity index (χ1v) is 12.5. The van der Waals surface area contributed by atoms with Gasteiger partial charge in [0.2, 0.25) is 5.91 Å². The van der Waals surface area contributed by atoms with Gasteiger partial charge in [0.25, 0.3) is 5.91 Å². The van der Waals surface area contributed by atoms with E-state index >= 15 is 0 Å². The maximum Gasteiger partial charge on any atom is 0.251 e. The molecule has 6 nitrogen and oxygen atoms in total. The Hall–Kier alpha value is -2.65. The minimum Gasteiger partial charge on any atom is -0.457 e. The average Bonchev–Trinajstić information content (AvgIpc) is 3.35. The van der Waals surface area contributed by atoms with Crippen LogP contribution in [0.4, 0.5) is 5.00 Å². The Kier molecular flexibility index (Phi) is 7.42. The van der Waals surface area contributed by atoms with Crippen LogP contribution in [-0.2, 0) is 17.6 Å². The van der Waals surface area contributed by atoms with Gasteiger partial charge in [0.05, 0.1) is 5.56 Å². The highest BCUT2D eigenvalue weighted by Gasteiger charge is 2.26. The first kappa shape index (κ1) is 24.5. The summed E-state index contributed by atoms with van der Waals surface area (Å²) in [6.45, 7) is 2.18. The van der Waals surface area contributed by atoms with Crippen molar-refractivity contribution in [3.8, 4) is 11.3 Å². The van der Waals surface area contributed by atoms with E-state index in [-0.39, 0.29) is 5.11 Å². The van der Waals surface area contributed by atoms with Gasteiger partial charge >= 0.3 is 0 Å². The van der Waals surface area contributed by atoms with Crippen molar-refractivity contribution in [3.63, 3.8) is 0 Å². The average molecular weight is 534 g/mol. The van der Waals surface area contributed by atoms with Crippen molar-refractivity contribution in [2.75, 3.05) is 5.32 Å². The molecule has 0 spiro atoms. The lowest BCUT2D eigenvalue weighted by Crippen LogP contribution is -2.33. The van der Waals surface area contributed by atoms with Crippen LogP contribution in [0.1, 0.15) is 39.9 Å². The molecule has 0 radical (unpaired) electrons. The van der Waals surface area contributed by atoms with Crippen molar-refractivity contribution < 1.29 is 14.0 Å². The maximum atomic E-state index is 12.3. The highest BCUT2D eigenvalue weighted by molar-refractivity contribution is 7.80. The second-order valence-corrected chi connectivity index (χ2v) is 10.4. The zero-order valence-corrected chi connectivity index (χ0v) is 21.3. The topological polar surface area (TPSA) is 97.4 Å². The second kappa shape index (κ2) is 10.3. The summed E-state index contributed by atoms with van der Waals surface area (Å²) in [4.78, 5) is 25.6. The van der Waals surface area contributed by atoms with E-state index in [9.17, 15) is 9.59 Å². The standard InChI is InChI=1S/C24H21Cl2N3O3S2/c1-12-2-5-17-19(8-12)34-23(21(17)22(27)31)29-24(33)28-20(30)7-4-16-3-6-18(32-16)13-9-14(25)11-15(26)10-13/h3-4,6-7,9-12H,2,5,8H2,1H3,(H2,27,31)(H2,28,29,30,33)/b7-4+/t12-/m0/s1. The molecule has 1 aromatic carbocycles. The summed E-state index contributed by atoms with van der Waals surface area (Å²) < 4.78 is 5.75. The number of amides is 2. The third-order valence-electron chi connectivity index (χ3n) is 5.39. The van der Waals surface area contributed by atoms with Gasteiger partial charge in [0.15, 0.2) is 5.11 Å². The number of halogens is 2. The summed E-state index contributed by atoms with van der Waals surface area (Å²) in [6, 6.07) is 8.59. The minimum atomic E-state index is -0.502. The number of furan rings is 1. The van der Waals surface area contributed by atoms with Crippen molar-refractivity contribution in [1.82, 2.24) is 5.32 Å². The van der Waals surface area contributed by atoms with Gasteiger partial charge in [-0.2, -0.15) is 0 Å². The predicted molar refractivity (Wildman–Crippen MR) is 142 cm³/mol. The van der Waals surface area contributed by atoms with Crippen LogP contribution in [0.2, 0.25) is 10.0 Å². The first-order chi connectivity index (χ1) is 16.2. The number of hydrogen-bond donors (Lipinski definition) is 3. The Morgan fingerprint density at radius 1 is 1.24 bits per heavy atom. The lowest BCUT2D eigenvalue weighted by atomic mass is 9.88. The van der Waals surface area contributed by atoms with Gasteiger partial charge in [-0.25, -0.2) is 0 Å². The number of carbonyl (C=O) groups excluding carboxylic acids is 2. The van der Waals surface area contributed by atoms with Crippen LogP contribution in [0.25, 0.3) is 17.4 Å². The summed E-state index contributed by atoms with van der Waals surface area (Å²) in [7, 11) is 0. The molecule has 2 heterocycles. The SMILES string of the molecule is C[C@H]1CCc2c(sc(NC(=S)NC(=O)/C=C/c3ccc(-c4cc(Cl)cc(Cl)c4)o3)c2C(N)=O)C1. The molecule has 1 atom stereocenters. The minimum absolute atomic E-state index is 0.0810. The fourth-order valence-corrected chi connectivity index (χ4v) is 6.05. The van der Waals surface area contributed by atoms with Crippen LogP contribution in [-0.4, -0.2) is 16.9 Å². The van der Waals surface area contributed by atoms with Gasteiger partial charge in [0.1, 0.15) is 16.5 Å². The Morgan fingerprint density at radius 3 is 2.68 bits per heavy atom. The zero-order valence-electron chi connectivity index (χ0n) is 18.1. The van der Waals surface area contributed by atoms with Crippen molar-refractivity contribution in [2.45, 2.75) is 26.2 Å². The van der Waals surface area contributed by atoms with Crippen molar-refractivity contribution >= 4 is 74.8 Å². The molecule has 34 heavy (non-hydrogen) atoms. The molecule has 1 aliphatic rings. The van der Waals surface area contributed by atoms with Gasteiger partial charge in [0, 0.05) is 26.6 Å². The zero-order chi connectivity index (χ0) is 24.4. The molecule has 0 aliphatic heterocycles. The molecule has 0 fully saturated rings. The summed E-state index contributed by atoms with van der Waals surface area (Å²) in [5, 5.41) is 7.19. The fourth-order valence-electron chi connectivity index (χ4n) is 3.84. The number of nitrogens with one attached hydrogen (secondary N) is 2. The maximum absolute atomic E-state index is 12.3. The lowest BCUT2D eigenvalue weighted by molar-refractivity contribution is -0.115. The monoisotopic (exact) mass is 533 g/mol. The molecule has 0 bridgehead atoms. The third kappa shape index (κ3) is 5.70. The quantitative estimate of drug-likeness (QED) is 0.273. The number of primary amides is 1. The van der Waals surface area contributed by atoms with E-state index in [4.69, 9.17) is 45.6 Å². The van der Waals surface area contributed by atoms with Gasteiger partial charge in [-0.05, 0) is 79.4 Å². The summed E-state index contributed by atoms with van der Waals surface area (Å²) in [5.41, 5.74) is 7.80. The highest BCUT2D eigenvalue weighted by atomic mass is 35.5. The van der Waals surface area contributed by atoms with E-state index in [1.807, 2.05) is 0 Å². The molecule has 1 aliphatic carbocycles. The molecular weight excluding hydrogens is 513 g/mol. The van der Waals surface area contributed by atoms with Crippen molar-refractivity contribution in [3.05, 3.63) is 68.2 Å². The van der Waals surface area contributed by atoms with Crippen LogP contribution >= 0.6 is 46.8 Å². The molecule has 0 saturated heterocycles. The third-order valence-corrected chi connectivity index (χ3v) is 7.21. The molecule has 2 aromatic heterocycles. The number of thiocarbonyl (C=S) groups is 1.